The molecule has 0 aliphatic heterocycles. The largest absolute Gasteiger partial charge is 0.493 e. The highest BCUT2D eigenvalue weighted by Gasteiger charge is 2.27. The highest BCUT2D eigenvalue weighted by molar-refractivity contribution is 5.67. The number of rotatable bonds is 4. The maximum atomic E-state index is 5.20. The van der Waals surface area contributed by atoms with Crippen molar-refractivity contribution in [1.82, 2.24) is 0 Å². The minimum Gasteiger partial charge on any atom is -0.493 e. The van der Waals surface area contributed by atoms with Crippen molar-refractivity contribution in [3.63, 3.8) is 0 Å². The van der Waals surface area contributed by atoms with Gasteiger partial charge in [0.1, 0.15) is 0 Å². The molecule has 200 valence electrons. The van der Waals surface area contributed by atoms with Crippen molar-refractivity contribution in [1.29, 1.82) is 0 Å². The Hall–Kier alpha value is -2.74. The van der Waals surface area contributed by atoms with Gasteiger partial charge in [0, 0.05) is 1.43 Å². The first kappa shape index (κ1) is 31.3. The molecule has 2 heteroatoms. The topological polar surface area (TPSA) is 18.5 Å². The van der Waals surface area contributed by atoms with E-state index in [2.05, 4.69) is 69.3 Å². The fourth-order valence-electron chi connectivity index (χ4n) is 5.04. The van der Waals surface area contributed by atoms with Gasteiger partial charge in [-0.2, -0.15) is 0 Å². The molecule has 0 aromatic heterocycles. The molecule has 0 saturated carbocycles. The molecule has 0 N–H and O–H groups in total. The number of methoxy groups -OCH3 is 2. The monoisotopic (exact) mass is 492 g/mol. The van der Waals surface area contributed by atoms with Crippen LogP contribution in [0.3, 0.4) is 0 Å². The van der Waals surface area contributed by atoms with Crippen molar-refractivity contribution >= 4 is 5.57 Å². The maximum absolute atomic E-state index is 5.20. The third-order valence-electron chi connectivity index (χ3n) is 6.70. The number of hydrogen-bond acceptors (Lipinski definition) is 2. The summed E-state index contributed by atoms with van der Waals surface area (Å²) in [5.74, 6) is 3.12. The third kappa shape index (κ3) is 8.43. The van der Waals surface area contributed by atoms with E-state index in [1.54, 1.807) is 25.4 Å². The molecule has 0 bridgehead atoms. The number of allylic oxidation sites excluding steroid dienone is 6. The molecule has 0 fully saturated rings. The van der Waals surface area contributed by atoms with Gasteiger partial charge in [-0.3, -0.25) is 0 Å². The number of aryl methyl sites for hydroxylation is 3. The van der Waals surface area contributed by atoms with Crippen LogP contribution in [0.25, 0.3) is 5.57 Å². The molecule has 2 nitrogen and oxygen atoms in total. The molecule has 2 aliphatic carbocycles. The first-order chi connectivity index (χ1) is 17.3. The highest BCUT2D eigenvalue weighted by atomic mass is 16.5. The summed E-state index contributed by atoms with van der Waals surface area (Å²) in [6.07, 6.45) is 10.7. The van der Waals surface area contributed by atoms with Crippen LogP contribution in [0, 0.1) is 32.6 Å². The maximum Gasteiger partial charge on any atom is 0.163 e. The summed E-state index contributed by atoms with van der Waals surface area (Å²) in [6.45, 7) is 18.9. The number of ether oxygens (including phenoxy) is 2. The molecule has 2 unspecified atom stereocenters. The second kappa shape index (κ2) is 16.1. The number of benzene rings is 2. The lowest BCUT2D eigenvalue weighted by Crippen LogP contribution is -2.18. The zero-order chi connectivity index (χ0) is 27.3. The van der Waals surface area contributed by atoms with Crippen LogP contribution >= 0.6 is 0 Å². The van der Waals surface area contributed by atoms with Crippen molar-refractivity contribution in [2.45, 2.75) is 81.6 Å². The summed E-state index contributed by atoms with van der Waals surface area (Å²) in [5.41, 5.74) is 9.80. The summed E-state index contributed by atoms with van der Waals surface area (Å²) in [4.78, 5) is 0. The van der Waals surface area contributed by atoms with Crippen molar-refractivity contribution in [2.75, 3.05) is 14.2 Å². The summed E-state index contributed by atoms with van der Waals surface area (Å²) in [5, 5.41) is 0. The molecule has 4 rings (SSSR count). The SMILES string of the molecule is CC.CC.CC1=C(C2CC=C(c3cccc(C)c3)CC2C)CC=C1.COc1cc(C)cc(C)c1OC.[HH]. The smallest absolute Gasteiger partial charge is 0.163 e. The van der Waals surface area contributed by atoms with Crippen LogP contribution in [-0.2, 0) is 0 Å². The van der Waals surface area contributed by atoms with Crippen molar-refractivity contribution in [3.8, 4) is 11.5 Å². The molecule has 2 aromatic rings. The van der Waals surface area contributed by atoms with Gasteiger partial charge in [-0.25, -0.2) is 0 Å². The predicted octanol–water partition coefficient (Wildman–Crippen LogP) is 10.3. The van der Waals surface area contributed by atoms with Crippen LogP contribution in [-0.4, -0.2) is 14.2 Å². The van der Waals surface area contributed by atoms with E-state index in [-0.39, 0.29) is 1.43 Å². The second-order valence-corrected chi connectivity index (χ2v) is 9.25. The van der Waals surface area contributed by atoms with Gasteiger partial charge in [0.2, 0.25) is 0 Å². The quantitative estimate of drug-likeness (QED) is 0.422. The average molecular weight is 493 g/mol. The van der Waals surface area contributed by atoms with E-state index >= 15 is 0 Å². The number of hydrogen-bond donors (Lipinski definition) is 0. The minimum atomic E-state index is 0. The Balaban J connectivity index is 0.000000659. The molecule has 0 spiro atoms. The van der Waals surface area contributed by atoms with E-state index in [0.29, 0.717) is 0 Å². The van der Waals surface area contributed by atoms with Crippen LogP contribution in [0.4, 0.5) is 0 Å². The van der Waals surface area contributed by atoms with Crippen LogP contribution in [0.2, 0.25) is 0 Å². The molecule has 0 saturated heterocycles. The first-order valence-corrected chi connectivity index (χ1v) is 13.7. The molecule has 2 atom stereocenters. The average Bonchev–Trinajstić information content (AvgIpc) is 3.31. The summed E-state index contributed by atoms with van der Waals surface area (Å²) < 4.78 is 10.4. The van der Waals surface area contributed by atoms with Gasteiger partial charge in [-0.05, 0) is 87.1 Å². The van der Waals surface area contributed by atoms with Crippen molar-refractivity contribution in [3.05, 3.63) is 88.0 Å². The Morgan fingerprint density at radius 3 is 2.08 bits per heavy atom. The Bertz CT molecular complexity index is 1050. The van der Waals surface area contributed by atoms with E-state index in [9.17, 15) is 0 Å². The Labute approximate surface area is 223 Å². The zero-order valence-electron chi connectivity index (χ0n) is 24.8. The van der Waals surface area contributed by atoms with E-state index in [0.717, 1.165) is 28.9 Å². The van der Waals surface area contributed by atoms with Crippen LogP contribution in [0.1, 0.15) is 84.5 Å². The van der Waals surface area contributed by atoms with E-state index in [1.165, 1.54) is 41.5 Å². The first-order valence-electron chi connectivity index (χ1n) is 13.7. The van der Waals surface area contributed by atoms with Gasteiger partial charge in [-0.1, -0.05) is 99.9 Å². The second-order valence-electron chi connectivity index (χ2n) is 9.25. The van der Waals surface area contributed by atoms with Crippen molar-refractivity contribution in [2.24, 2.45) is 11.8 Å². The lowest BCUT2D eigenvalue weighted by molar-refractivity contribution is 0.352. The van der Waals surface area contributed by atoms with Crippen LogP contribution in [0.5, 0.6) is 11.5 Å². The Morgan fingerprint density at radius 1 is 0.861 bits per heavy atom. The molecule has 0 heterocycles. The van der Waals surface area contributed by atoms with Gasteiger partial charge in [0.25, 0.3) is 0 Å². The van der Waals surface area contributed by atoms with Crippen molar-refractivity contribution < 1.29 is 10.9 Å². The van der Waals surface area contributed by atoms with Gasteiger partial charge in [0.15, 0.2) is 11.5 Å². The van der Waals surface area contributed by atoms with Gasteiger partial charge in [0.05, 0.1) is 14.2 Å². The normalized spacial score (nSPS) is 18.0. The minimum absolute atomic E-state index is 0. The molecule has 2 aliphatic rings. The molecule has 0 radical (unpaired) electrons. The summed E-state index contributed by atoms with van der Waals surface area (Å²) >= 11 is 0. The van der Waals surface area contributed by atoms with Gasteiger partial charge >= 0.3 is 0 Å². The zero-order valence-corrected chi connectivity index (χ0v) is 24.8. The summed E-state index contributed by atoms with van der Waals surface area (Å²) in [6, 6.07) is 13.0. The lowest BCUT2D eigenvalue weighted by atomic mass is 9.74. The van der Waals surface area contributed by atoms with Crippen LogP contribution in [0.15, 0.2) is 65.8 Å². The van der Waals surface area contributed by atoms with E-state index < -0.39 is 0 Å². The van der Waals surface area contributed by atoms with Gasteiger partial charge < -0.3 is 9.47 Å². The molecule has 36 heavy (non-hydrogen) atoms. The molecule has 0 amide bonds. The van der Waals surface area contributed by atoms with Gasteiger partial charge in [-0.15, -0.1) is 0 Å². The molecular weight excluding hydrogens is 440 g/mol. The molecule has 2 aromatic carbocycles. The molecular formula is C34H52O2. The third-order valence-corrected chi connectivity index (χ3v) is 6.70. The standard InChI is InChI=1S/C20H24.C10H14O2.2C2H6.H2/c1-14-6-4-8-17(12-14)18-10-11-20(16(3)13-18)19-9-5-7-15(19)2;1-7-5-8(2)10(12-4)9(6-7)11-3;2*1-2;/h4-8,10,12,16,20H,9,11,13H2,1-3H3;5-6H,1-4H3;2*1-2H3;1H. The van der Waals surface area contributed by atoms with E-state index in [1.807, 2.05) is 47.6 Å². The Morgan fingerprint density at radius 2 is 1.56 bits per heavy atom. The fraction of sp³-hybridized carbons (Fsp3) is 0.471. The van der Waals surface area contributed by atoms with E-state index in [4.69, 9.17) is 9.47 Å². The lowest BCUT2D eigenvalue weighted by Gasteiger charge is -2.31. The highest BCUT2D eigenvalue weighted by Crippen LogP contribution is 2.41. The van der Waals surface area contributed by atoms with Crippen LogP contribution < -0.4 is 9.47 Å². The fourth-order valence-corrected chi connectivity index (χ4v) is 5.04. The predicted molar refractivity (Wildman–Crippen MR) is 161 cm³/mol. The summed E-state index contributed by atoms with van der Waals surface area (Å²) in [7, 11) is 3.30. The Kier molecular flexibility index (Phi) is 14.0.